The van der Waals surface area contributed by atoms with E-state index in [1.807, 2.05) is 58.2 Å². The van der Waals surface area contributed by atoms with Crippen molar-refractivity contribution in [1.29, 1.82) is 0 Å². The van der Waals surface area contributed by atoms with Crippen LogP contribution < -0.4 is 16.0 Å². The van der Waals surface area contributed by atoms with Crippen LogP contribution in [0.2, 0.25) is 0 Å². The van der Waals surface area contributed by atoms with Gasteiger partial charge in [-0.15, -0.1) is 0 Å². The quantitative estimate of drug-likeness (QED) is 0.139. The van der Waals surface area contributed by atoms with Gasteiger partial charge in [-0.2, -0.15) is 0 Å². The Hall–Kier alpha value is -2.74. The number of likely N-dealkylation sites (N-methyl/N-ethyl adjacent to an activating group) is 1. The molecule has 12 heteroatoms. The lowest BCUT2D eigenvalue weighted by Gasteiger charge is -2.40. The minimum atomic E-state index is -1.11. The van der Waals surface area contributed by atoms with Gasteiger partial charge in [-0.3, -0.25) is 24.7 Å². The first kappa shape index (κ1) is 43.0. The SMILES string of the molecule is CC[C@H](C)[C@@H](CNC(=O)C(NC(=O)[C@@H]1[C@H]2CC[C@H](C2)N1C)C(C)C)[C@@H](OC)[C@@H](C=O)N1CC[C@H]([C@@H](OC)[C@](C)(C=O)N[C@H](C)[C@@H](O)c2ccccc2)C1. The normalized spacial score (nSPS) is 27.6. The number of piperidine rings is 1. The number of hydrogen-bond acceptors (Lipinski definition) is 10. The number of carbonyl (C=O) groups is 4. The number of rotatable bonds is 21. The van der Waals surface area contributed by atoms with Crippen molar-refractivity contribution < 1.29 is 33.8 Å². The van der Waals surface area contributed by atoms with Gasteiger partial charge in [0.05, 0.1) is 35.9 Å². The molecule has 3 aliphatic rings. The molecule has 0 aromatic heterocycles. The molecule has 2 aliphatic heterocycles. The molecule has 53 heavy (non-hydrogen) atoms. The Morgan fingerprint density at radius 3 is 2.30 bits per heavy atom. The lowest BCUT2D eigenvalue weighted by atomic mass is 9.83. The van der Waals surface area contributed by atoms with Gasteiger partial charge in [0.2, 0.25) is 11.8 Å². The third kappa shape index (κ3) is 9.74. The first-order valence-electron chi connectivity index (χ1n) is 19.8. The van der Waals surface area contributed by atoms with E-state index < -0.39 is 42.0 Å². The Morgan fingerprint density at radius 1 is 1.06 bits per heavy atom. The molecule has 13 atom stereocenters. The van der Waals surface area contributed by atoms with Gasteiger partial charge >= 0.3 is 0 Å². The van der Waals surface area contributed by atoms with Crippen molar-refractivity contribution in [3.63, 3.8) is 0 Å². The van der Waals surface area contributed by atoms with Crippen LogP contribution >= 0.6 is 0 Å². The average Bonchev–Trinajstić information content (AvgIpc) is 3.90. The van der Waals surface area contributed by atoms with Crippen LogP contribution in [0.15, 0.2) is 30.3 Å². The number of aldehydes is 2. The molecule has 3 fully saturated rings. The summed E-state index contributed by atoms with van der Waals surface area (Å²) in [5, 5.41) is 20.6. The minimum absolute atomic E-state index is 0.0801. The van der Waals surface area contributed by atoms with Crippen molar-refractivity contribution in [2.45, 2.75) is 128 Å². The monoisotopic (exact) mass is 742 g/mol. The zero-order chi connectivity index (χ0) is 39.0. The smallest absolute Gasteiger partial charge is 0.242 e. The summed E-state index contributed by atoms with van der Waals surface area (Å²) in [6, 6.07) is 7.85. The number of fused-ring (bicyclic) bond motifs is 2. The second-order valence-corrected chi connectivity index (χ2v) is 16.6. The zero-order valence-corrected chi connectivity index (χ0v) is 33.5. The standard InChI is InChI=1S/C41H67N5O7/c1-10-26(4)32(21-42-39(50)34(25(2)3)43-40(51)35-29-16-17-31(20-29)45(35)7)37(52-8)33(23-47)46-19-18-30(22-46)38(53-9)41(6,24-48)44-27(5)36(49)28-14-12-11-13-15-28/h11-15,23-27,29-38,44,49H,10,16-22H2,1-9H3,(H,42,50)(H,43,51)/t26-,27+,29-,30-,31+,32+,33+,34?,35-,36+,37+,38+,41-/m0/s1. The second kappa shape index (κ2) is 19.2. The fourth-order valence-electron chi connectivity index (χ4n) is 9.54. The van der Waals surface area contributed by atoms with Crippen LogP contribution in [0.4, 0.5) is 0 Å². The van der Waals surface area contributed by atoms with Gasteiger partial charge in [-0.05, 0) is 76.4 Å². The van der Waals surface area contributed by atoms with Crippen LogP contribution in [-0.4, -0.2) is 128 Å². The molecule has 4 N–H and O–H groups in total. The van der Waals surface area contributed by atoms with Crippen LogP contribution in [0.25, 0.3) is 0 Å². The van der Waals surface area contributed by atoms with Gasteiger partial charge < -0.3 is 34.8 Å². The maximum Gasteiger partial charge on any atom is 0.242 e. The Kier molecular flexibility index (Phi) is 15.6. The predicted octanol–water partition coefficient (Wildman–Crippen LogP) is 2.98. The molecule has 0 radical (unpaired) electrons. The molecule has 1 unspecified atom stereocenters. The van der Waals surface area contributed by atoms with Crippen molar-refractivity contribution in [3.05, 3.63) is 35.9 Å². The number of aliphatic hydroxyl groups excluding tert-OH is 1. The molecule has 2 bridgehead atoms. The van der Waals surface area contributed by atoms with Crippen LogP contribution in [-0.2, 0) is 28.7 Å². The highest BCUT2D eigenvalue weighted by Crippen LogP contribution is 2.41. The molecule has 1 aromatic rings. The predicted molar refractivity (Wildman–Crippen MR) is 205 cm³/mol. The van der Waals surface area contributed by atoms with Crippen molar-refractivity contribution in [2.75, 3.05) is 40.9 Å². The maximum atomic E-state index is 13.7. The summed E-state index contributed by atoms with van der Waals surface area (Å²) >= 11 is 0. The molecule has 2 saturated heterocycles. The highest BCUT2D eigenvalue weighted by Gasteiger charge is 2.49. The molecule has 1 saturated carbocycles. The lowest BCUT2D eigenvalue weighted by molar-refractivity contribution is -0.134. The molecule has 2 heterocycles. The zero-order valence-electron chi connectivity index (χ0n) is 33.5. The Morgan fingerprint density at radius 2 is 1.75 bits per heavy atom. The number of likely N-dealkylation sites (tertiary alicyclic amines) is 2. The van der Waals surface area contributed by atoms with Gasteiger partial charge in [-0.25, -0.2) is 0 Å². The number of benzene rings is 1. The summed E-state index contributed by atoms with van der Waals surface area (Å²) in [5.41, 5.74) is -0.359. The highest BCUT2D eigenvalue weighted by atomic mass is 16.5. The Balaban J connectivity index is 1.43. The van der Waals surface area contributed by atoms with Crippen molar-refractivity contribution in [3.8, 4) is 0 Å². The number of nitrogens with one attached hydrogen (secondary N) is 3. The Labute approximate surface area is 317 Å². The third-order valence-electron chi connectivity index (χ3n) is 12.8. The van der Waals surface area contributed by atoms with E-state index >= 15 is 0 Å². The number of aliphatic hydroxyl groups is 1. The van der Waals surface area contributed by atoms with Gasteiger partial charge in [0.15, 0.2) is 0 Å². The summed E-state index contributed by atoms with van der Waals surface area (Å²) in [7, 11) is 5.22. The minimum Gasteiger partial charge on any atom is -0.387 e. The molecule has 4 rings (SSSR count). The van der Waals surface area contributed by atoms with Gasteiger partial charge in [-0.1, -0.05) is 64.4 Å². The van der Waals surface area contributed by atoms with E-state index in [2.05, 4.69) is 39.6 Å². The maximum absolute atomic E-state index is 13.7. The third-order valence-corrected chi connectivity index (χ3v) is 12.8. The van der Waals surface area contributed by atoms with E-state index in [4.69, 9.17) is 9.47 Å². The number of carbonyl (C=O) groups excluding carboxylic acids is 4. The van der Waals surface area contributed by atoms with Crippen LogP contribution in [0, 0.1) is 29.6 Å². The second-order valence-electron chi connectivity index (χ2n) is 16.6. The summed E-state index contributed by atoms with van der Waals surface area (Å²) in [6.07, 6.45) is 4.64. The van der Waals surface area contributed by atoms with Gasteiger partial charge in [0.1, 0.15) is 18.6 Å². The van der Waals surface area contributed by atoms with E-state index in [1.165, 1.54) is 0 Å². The fourth-order valence-corrected chi connectivity index (χ4v) is 9.54. The van der Waals surface area contributed by atoms with E-state index in [1.54, 1.807) is 21.1 Å². The molecule has 1 aromatic carbocycles. The molecule has 2 amide bonds. The molecule has 12 nitrogen and oxygen atoms in total. The van der Waals surface area contributed by atoms with Gasteiger partial charge in [0.25, 0.3) is 0 Å². The van der Waals surface area contributed by atoms with Crippen LogP contribution in [0.5, 0.6) is 0 Å². The van der Waals surface area contributed by atoms with Gasteiger partial charge in [0, 0.05) is 51.2 Å². The molecular formula is C41H67N5O7. The molecule has 0 spiro atoms. The number of methoxy groups -OCH3 is 2. The van der Waals surface area contributed by atoms with Crippen LogP contribution in [0.1, 0.15) is 85.3 Å². The number of nitrogens with zero attached hydrogens (tertiary/aromatic N) is 2. The van der Waals surface area contributed by atoms with Crippen molar-refractivity contribution in [2.24, 2.45) is 29.6 Å². The van der Waals surface area contributed by atoms with E-state index in [-0.39, 0.29) is 48.1 Å². The average molecular weight is 742 g/mol. The summed E-state index contributed by atoms with van der Waals surface area (Å²) < 4.78 is 12.1. The first-order valence-corrected chi connectivity index (χ1v) is 19.8. The summed E-state index contributed by atoms with van der Waals surface area (Å²) in [5.74, 6) is -0.258. The summed E-state index contributed by atoms with van der Waals surface area (Å²) in [4.78, 5) is 57.1. The van der Waals surface area contributed by atoms with E-state index in [0.717, 1.165) is 43.8 Å². The first-order chi connectivity index (χ1) is 25.2. The van der Waals surface area contributed by atoms with E-state index in [0.29, 0.717) is 31.5 Å². The summed E-state index contributed by atoms with van der Waals surface area (Å²) in [6.45, 7) is 13.1. The molecule has 1 aliphatic carbocycles. The number of amides is 2. The fraction of sp³-hybridized carbons (Fsp3) is 0.756. The van der Waals surface area contributed by atoms with Crippen molar-refractivity contribution in [1.82, 2.24) is 25.8 Å². The van der Waals surface area contributed by atoms with E-state index in [9.17, 15) is 24.3 Å². The molecular weight excluding hydrogens is 674 g/mol. The van der Waals surface area contributed by atoms with Crippen molar-refractivity contribution >= 4 is 24.4 Å². The number of ether oxygens (including phenoxy) is 2. The largest absolute Gasteiger partial charge is 0.387 e. The molecule has 298 valence electrons. The highest BCUT2D eigenvalue weighted by molar-refractivity contribution is 5.90. The van der Waals surface area contributed by atoms with Crippen LogP contribution in [0.3, 0.4) is 0 Å². The Bertz CT molecular complexity index is 1350. The topological polar surface area (TPSA) is 150 Å². The number of hydrogen-bond donors (Lipinski definition) is 4. The lowest BCUT2D eigenvalue weighted by Crippen LogP contribution is -2.61.